The second-order valence-electron chi connectivity index (χ2n) is 4.30. The quantitative estimate of drug-likeness (QED) is 0.788. The predicted octanol–water partition coefficient (Wildman–Crippen LogP) is 3.12. The van der Waals surface area contributed by atoms with Crippen LogP contribution >= 0.6 is 11.6 Å². The summed E-state index contributed by atoms with van der Waals surface area (Å²) in [5.41, 5.74) is 0. The Labute approximate surface area is 114 Å². The zero-order valence-corrected chi connectivity index (χ0v) is 12.0. The van der Waals surface area contributed by atoms with Crippen molar-refractivity contribution in [1.29, 1.82) is 0 Å². The summed E-state index contributed by atoms with van der Waals surface area (Å²) >= 11 is 5.93. The van der Waals surface area contributed by atoms with Gasteiger partial charge in [-0.15, -0.1) is 0 Å². The van der Waals surface area contributed by atoms with Gasteiger partial charge in [0.2, 0.25) is 0 Å². The summed E-state index contributed by atoms with van der Waals surface area (Å²) in [6, 6.07) is 7.62. The lowest BCUT2D eigenvalue weighted by Gasteiger charge is -2.25. The summed E-state index contributed by atoms with van der Waals surface area (Å²) < 4.78 is 11.1. The number of nitrogens with one attached hydrogen (secondary N) is 1. The number of hydrogen-bond acceptors (Lipinski definition) is 3. The second-order valence-corrected chi connectivity index (χ2v) is 4.73. The molecule has 18 heavy (non-hydrogen) atoms. The normalized spacial score (nSPS) is 14.2. The molecule has 1 aromatic carbocycles. The Balaban J connectivity index is 2.56. The molecule has 1 N–H and O–H groups in total. The van der Waals surface area contributed by atoms with Gasteiger partial charge in [0.1, 0.15) is 11.9 Å². The van der Waals surface area contributed by atoms with Crippen LogP contribution < -0.4 is 10.1 Å². The monoisotopic (exact) mass is 271 g/mol. The molecule has 0 aliphatic carbocycles. The maximum Gasteiger partial charge on any atom is 0.121 e. The molecule has 1 rings (SSSR count). The number of methoxy groups -OCH3 is 1. The lowest BCUT2D eigenvalue weighted by Crippen LogP contribution is -2.44. The van der Waals surface area contributed by atoms with Crippen molar-refractivity contribution in [1.82, 2.24) is 5.32 Å². The van der Waals surface area contributed by atoms with Crippen LogP contribution in [0.4, 0.5) is 0 Å². The van der Waals surface area contributed by atoms with Gasteiger partial charge < -0.3 is 14.8 Å². The van der Waals surface area contributed by atoms with Gasteiger partial charge in [0.15, 0.2) is 0 Å². The van der Waals surface area contributed by atoms with Crippen molar-refractivity contribution in [2.75, 3.05) is 20.3 Å². The van der Waals surface area contributed by atoms with E-state index < -0.39 is 0 Å². The van der Waals surface area contributed by atoms with Gasteiger partial charge >= 0.3 is 0 Å². The van der Waals surface area contributed by atoms with E-state index in [-0.39, 0.29) is 12.1 Å². The summed E-state index contributed by atoms with van der Waals surface area (Å²) in [4.78, 5) is 0. The number of ether oxygens (including phenoxy) is 2. The van der Waals surface area contributed by atoms with Gasteiger partial charge in [0, 0.05) is 12.1 Å². The van der Waals surface area contributed by atoms with E-state index in [0.29, 0.717) is 11.6 Å². The molecular formula is C14H22ClNO2. The lowest BCUT2D eigenvalue weighted by molar-refractivity contribution is 0.0947. The van der Waals surface area contributed by atoms with Crippen LogP contribution in [0.25, 0.3) is 0 Å². The Kier molecular flexibility index (Phi) is 7.09. The maximum atomic E-state index is 5.93. The summed E-state index contributed by atoms with van der Waals surface area (Å²) in [6.45, 7) is 5.76. The Bertz CT molecular complexity index is 346. The first kappa shape index (κ1) is 15.3. The molecule has 3 nitrogen and oxygen atoms in total. The average molecular weight is 272 g/mol. The predicted molar refractivity (Wildman–Crippen MR) is 75.5 cm³/mol. The third-order valence-electron chi connectivity index (χ3n) is 2.69. The van der Waals surface area contributed by atoms with E-state index in [1.165, 1.54) is 0 Å². The first-order valence-electron chi connectivity index (χ1n) is 6.32. The minimum atomic E-state index is 0.0231. The van der Waals surface area contributed by atoms with Gasteiger partial charge in [-0.3, -0.25) is 0 Å². The Morgan fingerprint density at radius 1 is 1.39 bits per heavy atom. The highest BCUT2D eigenvalue weighted by Crippen LogP contribution is 2.19. The Hall–Kier alpha value is -0.770. The van der Waals surface area contributed by atoms with E-state index in [2.05, 4.69) is 12.2 Å². The van der Waals surface area contributed by atoms with Crippen LogP contribution in [0.3, 0.4) is 0 Å². The number of halogens is 1. The van der Waals surface area contributed by atoms with E-state index in [4.69, 9.17) is 21.1 Å². The van der Waals surface area contributed by atoms with Crippen molar-refractivity contribution in [2.45, 2.75) is 32.4 Å². The van der Waals surface area contributed by atoms with Crippen LogP contribution in [0.2, 0.25) is 5.02 Å². The average Bonchev–Trinajstić information content (AvgIpc) is 2.34. The molecule has 1 aromatic rings. The number of rotatable bonds is 8. The van der Waals surface area contributed by atoms with Crippen molar-refractivity contribution < 1.29 is 9.47 Å². The fourth-order valence-corrected chi connectivity index (χ4v) is 1.89. The standard InChI is InChI=1S/C14H22ClNO2/c1-4-8-16-14(10-17-3)11(2)18-13-7-5-6-12(15)9-13/h5-7,9,11,14,16H,4,8,10H2,1-3H3. The van der Waals surface area contributed by atoms with Gasteiger partial charge in [0.25, 0.3) is 0 Å². The van der Waals surface area contributed by atoms with Gasteiger partial charge in [-0.2, -0.15) is 0 Å². The van der Waals surface area contributed by atoms with E-state index in [1.54, 1.807) is 7.11 Å². The van der Waals surface area contributed by atoms with Gasteiger partial charge in [0.05, 0.1) is 12.6 Å². The maximum absolute atomic E-state index is 5.93. The zero-order chi connectivity index (χ0) is 13.4. The van der Waals surface area contributed by atoms with Crippen LogP contribution in [0, 0.1) is 0 Å². The zero-order valence-electron chi connectivity index (χ0n) is 11.3. The molecule has 102 valence electrons. The highest BCUT2D eigenvalue weighted by Gasteiger charge is 2.18. The molecule has 0 radical (unpaired) electrons. The van der Waals surface area contributed by atoms with Crippen LogP contribution in [0.5, 0.6) is 5.75 Å². The fraction of sp³-hybridized carbons (Fsp3) is 0.571. The van der Waals surface area contributed by atoms with Gasteiger partial charge in [-0.05, 0) is 38.1 Å². The Morgan fingerprint density at radius 2 is 2.17 bits per heavy atom. The van der Waals surface area contributed by atoms with Crippen LogP contribution in [-0.2, 0) is 4.74 Å². The third kappa shape index (κ3) is 5.25. The molecule has 2 unspecified atom stereocenters. The largest absolute Gasteiger partial charge is 0.489 e. The molecular weight excluding hydrogens is 250 g/mol. The van der Waals surface area contributed by atoms with Crippen molar-refractivity contribution in [3.05, 3.63) is 29.3 Å². The third-order valence-corrected chi connectivity index (χ3v) is 2.92. The van der Waals surface area contributed by atoms with E-state index in [9.17, 15) is 0 Å². The minimum Gasteiger partial charge on any atom is -0.489 e. The highest BCUT2D eigenvalue weighted by atomic mass is 35.5. The molecule has 0 spiro atoms. The van der Waals surface area contributed by atoms with Gasteiger partial charge in [-0.1, -0.05) is 24.6 Å². The fourth-order valence-electron chi connectivity index (χ4n) is 1.71. The van der Waals surface area contributed by atoms with E-state index in [1.807, 2.05) is 31.2 Å². The summed E-state index contributed by atoms with van der Waals surface area (Å²) in [5.74, 6) is 0.786. The Morgan fingerprint density at radius 3 is 2.78 bits per heavy atom. The SMILES string of the molecule is CCCNC(COC)C(C)Oc1cccc(Cl)c1. The first-order chi connectivity index (χ1) is 8.67. The van der Waals surface area contributed by atoms with E-state index >= 15 is 0 Å². The molecule has 2 atom stereocenters. The van der Waals surface area contributed by atoms with Crippen LogP contribution in [-0.4, -0.2) is 32.4 Å². The summed E-state index contributed by atoms with van der Waals surface area (Å²) in [5, 5.41) is 4.11. The van der Waals surface area contributed by atoms with Gasteiger partial charge in [-0.25, -0.2) is 0 Å². The highest BCUT2D eigenvalue weighted by molar-refractivity contribution is 6.30. The molecule has 0 saturated heterocycles. The number of benzene rings is 1. The smallest absolute Gasteiger partial charge is 0.121 e. The molecule has 0 heterocycles. The molecule has 0 aromatic heterocycles. The molecule has 0 saturated carbocycles. The molecule has 0 amide bonds. The van der Waals surface area contributed by atoms with Crippen molar-refractivity contribution in [3.8, 4) is 5.75 Å². The lowest BCUT2D eigenvalue weighted by atomic mass is 10.2. The summed E-state index contributed by atoms with van der Waals surface area (Å²) in [6.07, 6.45) is 1.11. The van der Waals surface area contributed by atoms with E-state index in [0.717, 1.165) is 18.7 Å². The van der Waals surface area contributed by atoms with Crippen molar-refractivity contribution in [3.63, 3.8) is 0 Å². The van der Waals surface area contributed by atoms with Crippen molar-refractivity contribution >= 4 is 11.6 Å². The number of hydrogen-bond donors (Lipinski definition) is 1. The molecule has 0 aliphatic heterocycles. The second kappa shape index (κ2) is 8.35. The molecule has 0 fully saturated rings. The molecule has 0 bridgehead atoms. The first-order valence-corrected chi connectivity index (χ1v) is 6.69. The van der Waals surface area contributed by atoms with Crippen LogP contribution in [0.15, 0.2) is 24.3 Å². The van der Waals surface area contributed by atoms with Crippen molar-refractivity contribution in [2.24, 2.45) is 0 Å². The van der Waals surface area contributed by atoms with Crippen LogP contribution in [0.1, 0.15) is 20.3 Å². The molecule has 0 aliphatic rings. The topological polar surface area (TPSA) is 30.5 Å². The summed E-state index contributed by atoms with van der Waals surface area (Å²) in [7, 11) is 1.70. The minimum absolute atomic E-state index is 0.0231. The molecule has 4 heteroatoms.